The number of aryl methyl sites for hydroxylation is 1. The van der Waals surface area contributed by atoms with E-state index in [0.717, 1.165) is 26.7 Å². The quantitative estimate of drug-likeness (QED) is 0.331. The van der Waals surface area contributed by atoms with Crippen LogP contribution in [0.5, 0.6) is 0 Å². The zero-order valence-electron chi connectivity index (χ0n) is 20.2. The Labute approximate surface area is 213 Å². The van der Waals surface area contributed by atoms with Crippen LogP contribution in [0.25, 0.3) is 21.8 Å². The monoisotopic (exact) mass is 495 g/mol. The fraction of sp³-hybridized carbons (Fsp3) is 0.172. The largest absolute Gasteiger partial charge is 0.324 e. The minimum atomic E-state index is -0.924. The van der Waals surface area contributed by atoms with Crippen molar-refractivity contribution in [1.29, 1.82) is 0 Å². The van der Waals surface area contributed by atoms with Gasteiger partial charge in [-0.3, -0.25) is 19.3 Å². The molecule has 1 atom stereocenters. The van der Waals surface area contributed by atoms with Crippen molar-refractivity contribution < 1.29 is 14.4 Å². The van der Waals surface area contributed by atoms with E-state index in [0.29, 0.717) is 16.8 Å². The van der Waals surface area contributed by atoms with Gasteiger partial charge in [0.25, 0.3) is 11.8 Å². The SMILES string of the molecule is Cc1ccccc1-c1nc(-c2ccc(NC(=O)C(C(C)C)N3C(=O)c4ccccc4C3=O)cc2)cs1. The van der Waals surface area contributed by atoms with Gasteiger partial charge in [0.15, 0.2) is 0 Å². The summed E-state index contributed by atoms with van der Waals surface area (Å²) in [5, 5.41) is 5.86. The maximum absolute atomic E-state index is 13.3. The third-order valence-corrected chi connectivity index (χ3v) is 7.21. The molecule has 36 heavy (non-hydrogen) atoms. The number of fused-ring (bicyclic) bond motifs is 1. The van der Waals surface area contributed by atoms with Gasteiger partial charge < -0.3 is 5.32 Å². The van der Waals surface area contributed by atoms with Crippen molar-refractivity contribution in [1.82, 2.24) is 9.88 Å². The lowest BCUT2D eigenvalue weighted by Crippen LogP contribution is -2.50. The van der Waals surface area contributed by atoms with E-state index in [1.807, 2.05) is 43.5 Å². The third-order valence-electron chi connectivity index (χ3n) is 6.33. The molecule has 2 heterocycles. The molecule has 3 aromatic carbocycles. The number of hydrogen-bond donors (Lipinski definition) is 1. The van der Waals surface area contributed by atoms with Gasteiger partial charge in [-0.1, -0.05) is 62.4 Å². The van der Waals surface area contributed by atoms with Gasteiger partial charge in [-0.15, -0.1) is 11.3 Å². The number of nitrogens with zero attached hydrogens (tertiary/aromatic N) is 2. The van der Waals surface area contributed by atoms with Crippen LogP contribution < -0.4 is 5.32 Å². The van der Waals surface area contributed by atoms with E-state index >= 15 is 0 Å². The normalized spacial score (nSPS) is 13.7. The summed E-state index contributed by atoms with van der Waals surface area (Å²) in [5.74, 6) is -1.54. The minimum Gasteiger partial charge on any atom is -0.324 e. The van der Waals surface area contributed by atoms with Crippen molar-refractivity contribution in [2.45, 2.75) is 26.8 Å². The number of benzene rings is 3. The Balaban J connectivity index is 1.33. The smallest absolute Gasteiger partial charge is 0.262 e. The van der Waals surface area contributed by atoms with Crippen LogP contribution in [0.2, 0.25) is 0 Å². The molecule has 0 spiro atoms. The molecule has 5 rings (SSSR count). The maximum Gasteiger partial charge on any atom is 0.262 e. The standard InChI is InChI=1S/C29H25N3O3S/c1-17(2)25(32-28(34)22-10-6-7-11-23(22)29(32)35)26(33)30-20-14-12-19(13-15-20)24-16-36-27(31-24)21-9-5-4-8-18(21)3/h4-17,25H,1-3H3,(H,30,33). The first-order chi connectivity index (χ1) is 17.3. The van der Waals surface area contributed by atoms with Crippen LogP contribution in [0.15, 0.2) is 78.2 Å². The van der Waals surface area contributed by atoms with Crippen LogP contribution >= 0.6 is 11.3 Å². The first kappa shape index (κ1) is 23.6. The molecule has 180 valence electrons. The number of nitrogens with one attached hydrogen (secondary N) is 1. The van der Waals surface area contributed by atoms with E-state index in [2.05, 4.69) is 24.4 Å². The number of amides is 3. The second-order valence-corrected chi connectivity index (χ2v) is 9.99. The summed E-state index contributed by atoms with van der Waals surface area (Å²) in [4.78, 5) is 45.1. The van der Waals surface area contributed by atoms with Crippen molar-refractivity contribution in [2.75, 3.05) is 5.32 Å². The Morgan fingerprint density at radius 3 is 2.03 bits per heavy atom. The highest BCUT2D eigenvalue weighted by Gasteiger charge is 2.43. The summed E-state index contributed by atoms with van der Waals surface area (Å²) < 4.78 is 0. The molecular formula is C29H25N3O3S. The second kappa shape index (κ2) is 9.51. The fourth-order valence-corrected chi connectivity index (χ4v) is 5.38. The first-order valence-corrected chi connectivity index (χ1v) is 12.6. The Kier molecular flexibility index (Phi) is 6.24. The molecule has 1 unspecified atom stereocenters. The predicted molar refractivity (Wildman–Crippen MR) is 142 cm³/mol. The number of rotatable bonds is 6. The molecule has 4 aromatic rings. The summed E-state index contributed by atoms with van der Waals surface area (Å²) in [7, 11) is 0. The van der Waals surface area contributed by atoms with Crippen molar-refractivity contribution in [2.24, 2.45) is 5.92 Å². The highest BCUT2D eigenvalue weighted by atomic mass is 32.1. The predicted octanol–water partition coefficient (Wildman–Crippen LogP) is 6.04. The molecule has 6 nitrogen and oxygen atoms in total. The van der Waals surface area contributed by atoms with Crippen LogP contribution in [0, 0.1) is 12.8 Å². The Hall–Kier alpha value is -4.10. The van der Waals surface area contributed by atoms with Crippen molar-refractivity contribution in [3.05, 3.63) is 94.9 Å². The Morgan fingerprint density at radius 1 is 0.861 bits per heavy atom. The fourth-order valence-electron chi connectivity index (χ4n) is 4.46. The van der Waals surface area contributed by atoms with E-state index in [1.165, 1.54) is 5.56 Å². The van der Waals surface area contributed by atoms with Crippen LogP contribution in [0.4, 0.5) is 5.69 Å². The van der Waals surface area contributed by atoms with Crippen molar-refractivity contribution in [3.63, 3.8) is 0 Å². The molecule has 0 radical (unpaired) electrons. The molecule has 0 saturated carbocycles. The van der Waals surface area contributed by atoms with E-state index < -0.39 is 23.8 Å². The van der Waals surface area contributed by atoms with E-state index in [1.54, 1.807) is 47.7 Å². The molecule has 3 amide bonds. The molecule has 0 fully saturated rings. The average Bonchev–Trinajstić information content (AvgIpc) is 3.45. The number of aromatic nitrogens is 1. The van der Waals surface area contributed by atoms with Gasteiger partial charge in [-0.2, -0.15) is 0 Å². The van der Waals surface area contributed by atoms with E-state index in [9.17, 15) is 14.4 Å². The highest BCUT2D eigenvalue weighted by molar-refractivity contribution is 7.13. The number of imide groups is 1. The summed E-state index contributed by atoms with van der Waals surface area (Å²) in [6.07, 6.45) is 0. The minimum absolute atomic E-state index is 0.263. The highest BCUT2D eigenvalue weighted by Crippen LogP contribution is 2.32. The molecule has 0 aliphatic carbocycles. The lowest BCUT2D eigenvalue weighted by atomic mass is 10.0. The molecule has 1 aliphatic rings. The van der Waals surface area contributed by atoms with Crippen molar-refractivity contribution in [3.8, 4) is 21.8 Å². The van der Waals surface area contributed by atoms with Gasteiger partial charge in [-0.05, 0) is 42.7 Å². The number of anilines is 1. The number of carbonyl (C=O) groups excluding carboxylic acids is 3. The van der Waals surface area contributed by atoms with E-state index in [-0.39, 0.29) is 5.92 Å². The number of thiazole rings is 1. The third kappa shape index (κ3) is 4.22. The van der Waals surface area contributed by atoms with Gasteiger partial charge in [0.1, 0.15) is 11.0 Å². The molecular weight excluding hydrogens is 470 g/mol. The summed E-state index contributed by atoms with van der Waals surface area (Å²) in [5.41, 5.74) is 5.34. The lowest BCUT2D eigenvalue weighted by molar-refractivity contribution is -0.121. The lowest BCUT2D eigenvalue weighted by Gasteiger charge is -2.28. The van der Waals surface area contributed by atoms with Gasteiger partial charge in [0.05, 0.1) is 16.8 Å². The van der Waals surface area contributed by atoms with E-state index in [4.69, 9.17) is 4.98 Å². The van der Waals surface area contributed by atoms with Gasteiger partial charge >= 0.3 is 0 Å². The van der Waals surface area contributed by atoms with Gasteiger partial charge in [-0.25, -0.2) is 4.98 Å². The van der Waals surface area contributed by atoms with Crippen LogP contribution in [-0.2, 0) is 4.79 Å². The molecule has 1 aromatic heterocycles. The molecule has 0 saturated heterocycles. The molecule has 1 aliphatic heterocycles. The maximum atomic E-state index is 13.3. The van der Waals surface area contributed by atoms with Crippen LogP contribution in [-0.4, -0.2) is 33.6 Å². The first-order valence-electron chi connectivity index (χ1n) is 11.7. The molecule has 0 bridgehead atoms. The second-order valence-electron chi connectivity index (χ2n) is 9.13. The number of hydrogen-bond acceptors (Lipinski definition) is 5. The van der Waals surface area contributed by atoms with Gasteiger partial charge in [0.2, 0.25) is 5.91 Å². The van der Waals surface area contributed by atoms with Gasteiger partial charge in [0, 0.05) is 22.2 Å². The summed E-state index contributed by atoms with van der Waals surface area (Å²) in [6, 6.07) is 21.3. The Bertz CT molecular complexity index is 1440. The topological polar surface area (TPSA) is 79.4 Å². The molecule has 7 heteroatoms. The summed E-state index contributed by atoms with van der Waals surface area (Å²) >= 11 is 1.59. The zero-order chi connectivity index (χ0) is 25.4. The van der Waals surface area contributed by atoms with Crippen LogP contribution in [0.1, 0.15) is 40.1 Å². The van der Waals surface area contributed by atoms with Crippen LogP contribution in [0.3, 0.4) is 0 Å². The summed E-state index contributed by atoms with van der Waals surface area (Å²) in [6.45, 7) is 5.72. The zero-order valence-corrected chi connectivity index (χ0v) is 21.0. The Morgan fingerprint density at radius 2 is 1.44 bits per heavy atom. The van der Waals surface area contributed by atoms with Crippen molar-refractivity contribution >= 4 is 34.7 Å². The number of carbonyl (C=O) groups is 3. The average molecular weight is 496 g/mol. The molecule has 1 N–H and O–H groups in total.